The first-order valence-electron chi connectivity index (χ1n) is 5.33. The molecular formula is C11H23NO. The molecule has 0 aromatic heterocycles. The molecule has 0 radical (unpaired) electrons. The molecule has 13 heavy (non-hydrogen) atoms. The first-order valence-corrected chi connectivity index (χ1v) is 5.33. The Labute approximate surface area is 82.0 Å². The van der Waals surface area contributed by atoms with Crippen LogP contribution in [0.2, 0.25) is 0 Å². The van der Waals surface area contributed by atoms with Gasteiger partial charge in [-0.15, -0.1) is 0 Å². The molecule has 78 valence electrons. The second-order valence-electron chi connectivity index (χ2n) is 5.01. The Morgan fingerprint density at radius 3 is 2.23 bits per heavy atom. The van der Waals surface area contributed by atoms with Crippen molar-refractivity contribution >= 4 is 0 Å². The van der Waals surface area contributed by atoms with E-state index >= 15 is 0 Å². The Balaban J connectivity index is 2.47. The molecule has 1 heterocycles. The summed E-state index contributed by atoms with van der Waals surface area (Å²) in [6, 6.07) is 0.534. The van der Waals surface area contributed by atoms with Gasteiger partial charge in [0.25, 0.3) is 0 Å². The highest BCUT2D eigenvalue weighted by molar-refractivity contribution is 4.88. The molecule has 1 aliphatic rings. The largest absolute Gasteiger partial charge is 0.372 e. The molecule has 1 saturated heterocycles. The average Bonchev–Trinajstić information content (AvgIpc) is 2.04. The van der Waals surface area contributed by atoms with Crippen LogP contribution in [-0.2, 0) is 4.74 Å². The van der Waals surface area contributed by atoms with Crippen molar-refractivity contribution in [3.63, 3.8) is 0 Å². The van der Waals surface area contributed by atoms with Crippen LogP contribution in [0.4, 0.5) is 0 Å². The third-order valence-corrected chi connectivity index (χ3v) is 3.33. The topological polar surface area (TPSA) is 21.3 Å². The molecular weight excluding hydrogens is 162 g/mol. The van der Waals surface area contributed by atoms with Crippen molar-refractivity contribution in [3.8, 4) is 0 Å². The summed E-state index contributed by atoms with van der Waals surface area (Å²) in [5, 5.41) is 3.57. The predicted octanol–water partition coefficient (Wildman–Crippen LogP) is 2.05. The van der Waals surface area contributed by atoms with E-state index in [0.717, 1.165) is 13.2 Å². The van der Waals surface area contributed by atoms with Crippen LogP contribution >= 0.6 is 0 Å². The molecule has 0 bridgehead atoms. The Morgan fingerprint density at radius 2 is 1.92 bits per heavy atom. The molecule has 0 aromatic carbocycles. The maximum absolute atomic E-state index is 5.94. The van der Waals surface area contributed by atoms with E-state index in [9.17, 15) is 0 Å². The number of hydrogen-bond acceptors (Lipinski definition) is 2. The summed E-state index contributed by atoms with van der Waals surface area (Å²) in [5.74, 6) is 1.24. The van der Waals surface area contributed by atoms with E-state index in [0.29, 0.717) is 17.9 Å². The van der Waals surface area contributed by atoms with Crippen molar-refractivity contribution in [1.82, 2.24) is 5.32 Å². The normalized spacial score (nSPS) is 35.8. The van der Waals surface area contributed by atoms with Crippen LogP contribution in [0.5, 0.6) is 0 Å². The van der Waals surface area contributed by atoms with E-state index in [-0.39, 0.29) is 5.60 Å². The van der Waals surface area contributed by atoms with E-state index in [1.807, 2.05) is 0 Å². The van der Waals surface area contributed by atoms with Gasteiger partial charge in [0.05, 0.1) is 12.2 Å². The highest BCUT2D eigenvalue weighted by Gasteiger charge is 2.35. The lowest BCUT2D eigenvalue weighted by Gasteiger charge is -2.42. The highest BCUT2D eigenvalue weighted by atomic mass is 16.5. The second-order valence-corrected chi connectivity index (χ2v) is 5.01. The standard InChI is InChI=1S/C11H23NO/c1-8(2)10-6-13-11(5,7-12-10)9(3)4/h8-10,12H,6-7H2,1-5H3. The Bertz CT molecular complexity index is 157. The maximum atomic E-state index is 5.94. The molecule has 2 unspecified atom stereocenters. The zero-order valence-electron chi connectivity index (χ0n) is 9.55. The first-order chi connectivity index (χ1) is 5.96. The minimum atomic E-state index is 0.0331. The molecule has 0 amide bonds. The minimum Gasteiger partial charge on any atom is -0.372 e. The van der Waals surface area contributed by atoms with Crippen LogP contribution in [0, 0.1) is 11.8 Å². The monoisotopic (exact) mass is 185 g/mol. The molecule has 2 nitrogen and oxygen atoms in total. The van der Waals surface area contributed by atoms with E-state index < -0.39 is 0 Å². The summed E-state index contributed by atoms with van der Waals surface area (Å²) < 4.78 is 5.94. The summed E-state index contributed by atoms with van der Waals surface area (Å²) >= 11 is 0. The average molecular weight is 185 g/mol. The van der Waals surface area contributed by atoms with E-state index in [1.165, 1.54) is 0 Å². The second kappa shape index (κ2) is 3.97. The molecule has 1 aliphatic heterocycles. The quantitative estimate of drug-likeness (QED) is 0.711. The molecule has 2 atom stereocenters. The third kappa shape index (κ3) is 2.44. The number of rotatable bonds is 2. The van der Waals surface area contributed by atoms with Crippen molar-refractivity contribution < 1.29 is 4.74 Å². The smallest absolute Gasteiger partial charge is 0.0801 e. The molecule has 0 saturated carbocycles. The number of hydrogen-bond donors (Lipinski definition) is 1. The molecule has 1 rings (SSSR count). The van der Waals surface area contributed by atoms with Crippen LogP contribution in [-0.4, -0.2) is 24.8 Å². The molecule has 0 spiro atoms. The van der Waals surface area contributed by atoms with Crippen LogP contribution in [0.25, 0.3) is 0 Å². The maximum Gasteiger partial charge on any atom is 0.0801 e. The van der Waals surface area contributed by atoms with Crippen LogP contribution < -0.4 is 5.32 Å². The van der Waals surface area contributed by atoms with E-state index in [2.05, 4.69) is 39.9 Å². The summed E-state index contributed by atoms with van der Waals surface area (Å²) in [6.07, 6.45) is 0. The highest BCUT2D eigenvalue weighted by Crippen LogP contribution is 2.25. The van der Waals surface area contributed by atoms with Crippen LogP contribution in [0.3, 0.4) is 0 Å². The molecule has 1 fully saturated rings. The molecule has 0 aromatic rings. The van der Waals surface area contributed by atoms with Gasteiger partial charge < -0.3 is 10.1 Å². The van der Waals surface area contributed by atoms with Gasteiger partial charge in [0.1, 0.15) is 0 Å². The fraction of sp³-hybridized carbons (Fsp3) is 1.00. The Kier molecular flexibility index (Phi) is 3.36. The van der Waals surface area contributed by atoms with Crippen molar-refractivity contribution in [3.05, 3.63) is 0 Å². The SMILES string of the molecule is CC(C)C1COC(C)(C(C)C)CN1. The van der Waals surface area contributed by atoms with Crippen LogP contribution in [0.1, 0.15) is 34.6 Å². The van der Waals surface area contributed by atoms with Crippen LogP contribution in [0.15, 0.2) is 0 Å². The molecule has 0 aliphatic carbocycles. The van der Waals surface area contributed by atoms with Crippen molar-refractivity contribution in [2.45, 2.75) is 46.3 Å². The van der Waals surface area contributed by atoms with Gasteiger partial charge in [0.2, 0.25) is 0 Å². The van der Waals surface area contributed by atoms with Crippen molar-refractivity contribution in [2.75, 3.05) is 13.2 Å². The van der Waals surface area contributed by atoms with Gasteiger partial charge in [-0.25, -0.2) is 0 Å². The Morgan fingerprint density at radius 1 is 1.31 bits per heavy atom. The van der Waals surface area contributed by atoms with Gasteiger partial charge in [-0.2, -0.15) is 0 Å². The minimum absolute atomic E-state index is 0.0331. The van der Waals surface area contributed by atoms with Gasteiger partial charge in [0.15, 0.2) is 0 Å². The lowest BCUT2D eigenvalue weighted by molar-refractivity contribution is -0.104. The fourth-order valence-electron chi connectivity index (χ4n) is 1.52. The van der Waals surface area contributed by atoms with Crippen molar-refractivity contribution in [2.24, 2.45) is 11.8 Å². The summed E-state index contributed by atoms with van der Waals surface area (Å²) in [6.45, 7) is 12.9. The van der Waals surface area contributed by atoms with Gasteiger partial charge in [-0.05, 0) is 18.8 Å². The summed E-state index contributed by atoms with van der Waals surface area (Å²) in [4.78, 5) is 0. The zero-order valence-corrected chi connectivity index (χ0v) is 9.55. The number of ether oxygens (including phenoxy) is 1. The predicted molar refractivity (Wildman–Crippen MR) is 55.8 cm³/mol. The van der Waals surface area contributed by atoms with E-state index in [1.54, 1.807) is 0 Å². The summed E-state index contributed by atoms with van der Waals surface area (Å²) in [5.41, 5.74) is 0.0331. The van der Waals surface area contributed by atoms with Gasteiger partial charge in [0, 0.05) is 12.6 Å². The first kappa shape index (κ1) is 11.0. The van der Waals surface area contributed by atoms with Gasteiger partial charge in [-0.3, -0.25) is 0 Å². The number of morpholine rings is 1. The summed E-state index contributed by atoms with van der Waals surface area (Å²) in [7, 11) is 0. The third-order valence-electron chi connectivity index (χ3n) is 3.33. The number of nitrogens with one attached hydrogen (secondary N) is 1. The lowest BCUT2D eigenvalue weighted by atomic mass is 9.89. The van der Waals surface area contributed by atoms with Gasteiger partial charge >= 0.3 is 0 Å². The van der Waals surface area contributed by atoms with Crippen molar-refractivity contribution in [1.29, 1.82) is 0 Å². The fourth-order valence-corrected chi connectivity index (χ4v) is 1.52. The Hall–Kier alpha value is -0.0800. The lowest BCUT2D eigenvalue weighted by Crippen LogP contribution is -2.56. The molecule has 2 heteroatoms. The zero-order chi connectivity index (χ0) is 10.1. The van der Waals surface area contributed by atoms with Gasteiger partial charge in [-0.1, -0.05) is 27.7 Å². The van der Waals surface area contributed by atoms with E-state index in [4.69, 9.17) is 4.74 Å². The molecule has 1 N–H and O–H groups in total.